The van der Waals surface area contributed by atoms with Gasteiger partial charge in [0.1, 0.15) is 11.6 Å². The average molecular weight is 2010 g/mol. The van der Waals surface area contributed by atoms with Crippen LogP contribution in [0.3, 0.4) is 0 Å². The molecule has 0 bridgehead atoms. The van der Waals surface area contributed by atoms with E-state index in [2.05, 4.69) is 60.8 Å². The number of rotatable bonds is 15. The molecule has 11 heterocycles. The molecule has 3 aliphatic heterocycles. The van der Waals surface area contributed by atoms with E-state index in [1.807, 2.05) is 139 Å². The summed E-state index contributed by atoms with van der Waals surface area (Å²) < 4.78 is 133. The molecule has 149 heavy (non-hydrogen) atoms. The topological polar surface area (TPSA) is 302 Å². The molecule has 22 rings (SSSR count). The third-order valence-electron chi connectivity index (χ3n) is 26.6. The van der Waals surface area contributed by atoms with Crippen molar-refractivity contribution >= 4 is 109 Å². The Morgan fingerprint density at radius 3 is 1.42 bits per heavy atom. The van der Waals surface area contributed by atoms with Crippen molar-refractivity contribution in [1.29, 1.82) is 0 Å². The highest BCUT2D eigenvalue weighted by Gasteiger charge is 2.57. The first-order valence-corrected chi connectivity index (χ1v) is 46.9. The first-order chi connectivity index (χ1) is 70.7. The van der Waals surface area contributed by atoms with E-state index in [1.165, 1.54) is 46.0 Å². The van der Waals surface area contributed by atoms with Gasteiger partial charge in [-0.2, -0.15) is 39.5 Å². The molecule has 1 aliphatic carbocycles. The predicted octanol–water partition coefficient (Wildman–Crippen LogP) is 26.6. The van der Waals surface area contributed by atoms with E-state index in [4.69, 9.17) is 4.42 Å². The Balaban J connectivity index is 0.000000130. The predicted molar refractivity (Wildman–Crippen MR) is 553 cm³/mol. The Labute approximate surface area is 848 Å². The van der Waals surface area contributed by atoms with Gasteiger partial charge in [0, 0.05) is 77.0 Å². The lowest BCUT2D eigenvalue weighted by molar-refractivity contribution is -0.141. The molecule has 10 aromatic carbocycles. The van der Waals surface area contributed by atoms with Crippen molar-refractivity contribution in [3.63, 3.8) is 0 Å². The maximum Gasteiger partial charge on any atom is 0.434 e. The number of aromatic nitrogens is 10. The number of pyridine rings is 5. The number of aromatic amines is 1. The van der Waals surface area contributed by atoms with Crippen LogP contribution in [0, 0.1) is 34.6 Å². The van der Waals surface area contributed by atoms with Crippen LogP contribution < -0.4 is 36.4 Å². The second-order valence-corrected chi connectivity index (χ2v) is 37.3. The quantitative estimate of drug-likeness (QED) is 0.0693. The smallest absolute Gasteiger partial charge is 0.407 e. The molecule has 0 saturated heterocycles. The third kappa shape index (κ3) is 19.4. The number of halogens is 9. The second kappa shape index (κ2) is 39.8. The van der Waals surface area contributed by atoms with Gasteiger partial charge in [0.2, 0.25) is 23.7 Å². The zero-order chi connectivity index (χ0) is 104. The molecule has 0 radical (unpaired) electrons. The van der Waals surface area contributed by atoms with E-state index in [0.717, 1.165) is 86.6 Å². The van der Waals surface area contributed by atoms with Gasteiger partial charge in [-0.25, -0.2) is 34.2 Å². The summed E-state index contributed by atoms with van der Waals surface area (Å²) in [5, 5.41) is 7.96. The number of nitrogens with zero attached hydrogens (tertiary/aromatic N) is 12. The summed E-state index contributed by atoms with van der Waals surface area (Å²) in [6.45, 7) is 16.7. The van der Waals surface area contributed by atoms with Crippen LogP contribution >= 0.6 is 0 Å². The zero-order valence-electron chi connectivity index (χ0n) is 80.7. The Morgan fingerprint density at radius 1 is 0.396 bits per heavy atom. The van der Waals surface area contributed by atoms with Crippen LogP contribution in [-0.2, 0) is 49.2 Å². The molecule has 6 amide bonds. The fourth-order valence-corrected chi connectivity index (χ4v) is 19.2. The van der Waals surface area contributed by atoms with Gasteiger partial charge in [0.15, 0.2) is 11.3 Å². The zero-order valence-corrected chi connectivity index (χ0v) is 80.7. The third-order valence-corrected chi connectivity index (χ3v) is 26.6. The monoisotopic (exact) mass is 2010 g/mol. The number of hydrogen-bond donors (Lipinski definition) is 4. The fourth-order valence-electron chi connectivity index (χ4n) is 19.2. The molecule has 0 atom stereocenters. The van der Waals surface area contributed by atoms with Gasteiger partial charge in [-0.1, -0.05) is 134 Å². The fraction of sp³-hybridized carbons (Fsp3) is 0.164. The Bertz CT molecular complexity index is 8350. The summed E-state index contributed by atoms with van der Waals surface area (Å²) >= 11 is 0. The summed E-state index contributed by atoms with van der Waals surface area (Å²) in [7, 11) is 0. The molecule has 1 saturated carbocycles. The minimum absolute atomic E-state index is 0. The highest BCUT2D eigenvalue weighted by Crippen LogP contribution is 2.59. The standard InChI is InChI=1S/C30H23F3N4O2.C30H23F3N4O.C28H22F3N5O2.C27H21N3O3.CH4/c1-18-7-10-20(11-8-18)36-26(38)22-17-19(9-12-23(22)30(31,32)33)21-5-2-6-24-25(21)29(13-3-14-29)27(39)37(24)28-34-15-4-16-35-28;1-17-9-12-23-24(14-17)36-27(35-23)21-15-18(10-11-22(21)30(31,32)33)20-7-4-8-25-26(20)29(2,3)28(38)37(25)19-6-5-13-34-16-19;1-16-9-10-22(33-13-16)35-25(37)20-12-17(14-34-24(20)28(29,30)31)19-7-4-8-21-23(19)27(2,3)26(38)36(21)18-6-5-11-32-15-18;1-17-8-12-20(13-9-17)29-26(31)23-15-19(11-10-18(23)2)22-6-3-7-24-25(22)33-27(32)30(24)21-5-4-14-28-16-21;/h2,4-12,15-17H,3,13-14H2,1H3,(H,36,38);4-16H,1-3H3,(H,35,36);4-15H,1-3H3,(H,33,35,37);3-16H,1-2H3,(H,29,31);1H4. The summed E-state index contributed by atoms with van der Waals surface area (Å²) in [5.74, 6) is -2.55. The summed E-state index contributed by atoms with van der Waals surface area (Å²) in [4.78, 5) is 134. The van der Waals surface area contributed by atoms with Gasteiger partial charge in [-0.05, 0) is 288 Å². The van der Waals surface area contributed by atoms with Gasteiger partial charge in [-0.3, -0.25) is 58.5 Å². The molecule has 4 aliphatic rings. The maximum atomic E-state index is 14.1. The number of nitrogens with one attached hydrogen (secondary N) is 4. The van der Waals surface area contributed by atoms with E-state index in [9.17, 15) is 73.1 Å². The van der Waals surface area contributed by atoms with Crippen LogP contribution in [0.1, 0.15) is 147 Å². The van der Waals surface area contributed by atoms with Crippen LogP contribution in [0.2, 0.25) is 0 Å². The number of carbonyl (C=O) groups is 6. The van der Waals surface area contributed by atoms with Crippen LogP contribution in [0.15, 0.2) is 326 Å². The van der Waals surface area contributed by atoms with E-state index < -0.39 is 80.3 Å². The molecule has 18 aromatic rings. The Hall–Kier alpha value is -18.0. The summed E-state index contributed by atoms with van der Waals surface area (Å²) in [6, 6.07) is 71.4. The van der Waals surface area contributed by atoms with Crippen LogP contribution in [0.4, 0.5) is 91.1 Å². The van der Waals surface area contributed by atoms with Crippen molar-refractivity contribution in [3.8, 4) is 61.6 Å². The number of H-pyrrole nitrogens is 1. The summed E-state index contributed by atoms with van der Waals surface area (Å²) in [6.07, 6.45) is 3.26. The van der Waals surface area contributed by atoms with Gasteiger partial charge < -0.3 is 25.4 Å². The lowest BCUT2D eigenvalue weighted by atomic mass is 9.63. The number of oxazole rings is 1. The van der Waals surface area contributed by atoms with E-state index in [-0.39, 0.29) is 59.8 Å². The molecular weight excluding hydrogens is 1920 g/mol. The number of imidazole rings is 1. The second-order valence-electron chi connectivity index (χ2n) is 37.3. The van der Waals surface area contributed by atoms with Gasteiger partial charge in [0.05, 0.1) is 108 Å². The number of amides is 6. The van der Waals surface area contributed by atoms with Gasteiger partial charge in [-0.15, -0.1) is 0 Å². The number of anilines is 9. The number of para-hydroxylation sites is 1. The van der Waals surface area contributed by atoms with E-state index in [0.29, 0.717) is 114 Å². The Kier molecular flexibility index (Phi) is 27.0. The average Bonchev–Trinajstić information content (AvgIpc) is 1.54. The highest BCUT2D eigenvalue weighted by atomic mass is 19.4. The van der Waals surface area contributed by atoms with Crippen molar-refractivity contribution in [3.05, 3.63) is 405 Å². The number of benzene rings is 10. The number of carbonyl (C=O) groups excluding carboxylic acids is 6. The van der Waals surface area contributed by atoms with Crippen LogP contribution in [0.5, 0.6) is 0 Å². The lowest BCUT2D eigenvalue weighted by Gasteiger charge is -2.37. The van der Waals surface area contributed by atoms with Crippen molar-refractivity contribution < 1.29 is 72.7 Å². The van der Waals surface area contributed by atoms with Crippen molar-refractivity contribution in [2.75, 3.05) is 30.7 Å². The molecule has 0 unspecified atom stereocenters. The molecule has 748 valence electrons. The first kappa shape index (κ1) is 101. The minimum atomic E-state index is -4.86. The van der Waals surface area contributed by atoms with Crippen LogP contribution in [0.25, 0.3) is 83.7 Å². The highest BCUT2D eigenvalue weighted by molar-refractivity contribution is 6.18. The number of aryl methyl sites for hydroxylation is 5. The molecule has 8 aromatic heterocycles. The van der Waals surface area contributed by atoms with Crippen molar-refractivity contribution in [1.82, 2.24) is 49.4 Å². The van der Waals surface area contributed by atoms with E-state index in [1.54, 1.807) is 189 Å². The van der Waals surface area contributed by atoms with E-state index >= 15 is 0 Å². The van der Waals surface area contributed by atoms with Gasteiger partial charge in [0.25, 0.3) is 17.7 Å². The number of fused-ring (bicyclic) bond motifs is 6. The van der Waals surface area contributed by atoms with Crippen LogP contribution in [-0.4, -0.2) is 84.9 Å². The summed E-state index contributed by atoms with van der Waals surface area (Å²) in [5.41, 5.74) is 12.1. The van der Waals surface area contributed by atoms with Gasteiger partial charge >= 0.3 is 24.3 Å². The van der Waals surface area contributed by atoms with Crippen molar-refractivity contribution in [2.24, 2.45) is 0 Å². The molecule has 33 heteroatoms. The largest absolute Gasteiger partial charge is 0.434 e. The first-order valence-electron chi connectivity index (χ1n) is 46.9. The molecule has 24 nitrogen and oxygen atoms in total. The lowest BCUT2D eigenvalue weighted by Crippen LogP contribution is -2.44. The number of hydrogen-bond acceptors (Lipinski definition) is 16. The SMILES string of the molecule is C.Cc1ccc(NC(=O)c2cc(-c3cccc4c3C(C)(C)C(=O)N4c3cccnc3)cnc2C(F)(F)F)nc1.Cc1ccc(NC(=O)c2cc(-c3cccc4c3C3(CCC3)C(=O)N4c3ncccn3)ccc2C(F)(F)F)cc1.Cc1ccc(NC(=O)c2cc(-c3cccc4c3oc(=O)n4-c3cccnc3)ccc2C)cc1.Cc1ccc2nc(-c3cc(-c4cccc5c4C(C)(C)C(=O)N5c4cccnc4)ccc3C(F)(F)F)[nH]c2c1. The Morgan fingerprint density at radius 2 is 0.879 bits per heavy atom. The minimum Gasteiger partial charge on any atom is -0.407 e. The maximum absolute atomic E-state index is 14.1. The normalized spacial score (nSPS) is 14.0. The molecule has 1 spiro atoms. The number of alkyl halides is 9. The molecule has 4 N–H and O–H groups in total. The molecular formula is C116H93F9N16O8. The molecule has 1 fully saturated rings. The van der Waals surface area contributed by atoms with Crippen molar-refractivity contribution in [2.45, 2.75) is 124 Å².